The Morgan fingerprint density at radius 3 is 2.12 bits per heavy atom. The van der Waals surface area contributed by atoms with Crippen LogP contribution in [-0.4, -0.2) is 0 Å². The molecule has 0 amide bonds. The van der Waals surface area contributed by atoms with Crippen LogP contribution in [0.25, 0.3) is 39.5 Å². The van der Waals surface area contributed by atoms with E-state index in [9.17, 15) is 0 Å². The first-order valence-electron chi connectivity index (χ1n) is 11.0. The third-order valence-corrected chi connectivity index (χ3v) is 5.80. The number of anilines is 1. The highest BCUT2D eigenvalue weighted by molar-refractivity contribution is 5.88. The second-order valence-corrected chi connectivity index (χ2v) is 8.04. The van der Waals surface area contributed by atoms with Gasteiger partial charge in [0.25, 0.3) is 0 Å². The Hall–Kier alpha value is -4.10. The minimum absolute atomic E-state index is 1.10. The zero-order chi connectivity index (χ0) is 21.8. The smallest absolute Gasteiger partial charge is 0.0459 e. The van der Waals surface area contributed by atoms with E-state index in [1.54, 1.807) is 0 Å². The van der Waals surface area contributed by atoms with E-state index in [2.05, 4.69) is 121 Å². The molecule has 0 unspecified atom stereocenters. The molecule has 1 heteroatoms. The van der Waals surface area contributed by atoms with E-state index in [0.29, 0.717) is 0 Å². The van der Waals surface area contributed by atoms with Gasteiger partial charge < -0.3 is 5.32 Å². The maximum Gasteiger partial charge on any atom is 0.0459 e. The first kappa shape index (κ1) is 19.8. The molecule has 1 aliphatic heterocycles. The van der Waals surface area contributed by atoms with Gasteiger partial charge in [0.2, 0.25) is 0 Å². The number of aryl methyl sites for hydroxylation is 1. The highest BCUT2D eigenvalue weighted by Gasteiger charge is 2.11. The van der Waals surface area contributed by atoms with Crippen LogP contribution in [0.15, 0.2) is 121 Å². The van der Waals surface area contributed by atoms with Crippen molar-refractivity contribution in [2.45, 2.75) is 6.92 Å². The van der Waals surface area contributed by atoms with Crippen LogP contribution in [0.3, 0.4) is 0 Å². The number of hydrogen-bond donors (Lipinski definition) is 1. The highest BCUT2D eigenvalue weighted by Crippen LogP contribution is 2.36. The van der Waals surface area contributed by atoms with Crippen LogP contribution >= 0.6 is 0 Å². The maximum atomic E-state index is 3.44. The van der Waals surface area contributed by atoms with Crippen molar-refractivity contribution in [1.82, 2.24) is 0 Å². The number of para-hydroxylation sites is 1. The fourth-order valence-corrected chi connectivity index (χ4v) is 4.06. The van der Waals surface area contributed by atoms with E-state index in [-0.39, 0.29) is 0 Å². The van der Waals surface area contributed by atoms with Gasteiger partial charge in [-0.2, -0.15) is 0 Å². The third-order valence-electron chi connectivity index (χ3n) is 5.80. The quantitative estimate of drug-likeness (QED) is 0.348. The SMILES string of the molecule is Cc1ccc(-c2cccc(-c3ccc4c(c3)-c3ccccc3N/C=C/C=C\C=C/4)c2)cc1. The molecule has 4 aromatic rings. The van der Waals surface area contributed by atoms with E-state index in [1.807, 2.05) is 18.4 Å². The molecule has 0 radical (unpaired) electrons. The minimum atomic E-state index is 1.10. The van der Waals surface area contributed by atoms with Crippen LogP contribution in [0.5, 0.6) is 0 Å². The molecule has 1 nitrogen and oxygen atoms in total. The highest BCUT2D eigenvalue weighted by atomic mass is 14.8. The molecule has 4 aromatic carbocycles. The molecule has 5 rings (SSSR count). The number of allylic oxidation sites excluding steroid dienone is 4. The zero-order valence-corrected chi connectivity index (χ0v) is 18.1. The molecule has 154 valence electrons. The Balaban J connectivity index is 1.63. The number of hydrogen-bond acceptors (Lipinski definition) is 1. The summed E-state index contributed by atoms with van der Waals surface area (Å²) in [6.45, 7) is 2.12. The zero-order valence-electron chi connectivity index (χ0n) is 18.1. The predicted octanol–water partition coefficient (Wildman–Crippen LogP) is 8.50. The van der Waals surface area contributed by atoms with Crippen LogP contribution in [0.1, 0.15) is 11.1 Å². The molecular weight excluding hydrogens is 386 g/mol. The molecular formula is C31H25N. The van der Waals surface area contributed by atoms with Gasteiger partial charge in [0.1, 0.15) is 0 Å². The van der Waals surface area contributed by atoms with Gasteiger partial charge in [0.15, 0.2) is 0 Å². The molecule has 1 heterocycles. The summed E-state index contributed by atoms with van der Waals surface area (Å²) in [4.78, 5) is 0. The normalized spacial score (nSPS) is 15.4. The molecule has 0 aliphatic carbocycles. The van der Waals surface area contributed by atoms with E-state index in [1.165, 1.54) is 44.5 Å². The Kier molecular flexibility index (Phi) is 5.55. The topological polar surface area (TPSA) is 12.0 Å². The summed E-state index contributed by atoms with van der Waals surface area (Å²) in [5.74, 6) is 0. The lowest BCUT2D eigenvalue weighted by atomic mass is 9.92. The molecule has 0 bridgehead atoms. The largest absolute Gasteiger partial charge is 0.361 e. The summed E-state index contributed by atoms with van der Waals surface area (Å²) >= 11 is 0. The number of benzene rings is 4. The lowest BCUT2D eigenvalue weighted by Gasteiger charge is -2.14. The molecule has 0 saturated carbocycles. The lowest BCUT2D eigenvalue weighted by Crippen LogP contribution is -1.93. The molecule has 0 aromatic heterocycles. The number of rotatable bonds is 2. The van der Waals surface area contributed by atoms with Gasteiger partial charge in [-0.05, 0) is 64.6 Å². The first-order chi connectivity index (χ1) is 15.8. The van der Waals surface area contributed by atoms with E-state index >= 15 is 0 Å². The van der Waals surface area contributed by atoms with Crippen molar-refractivity contribution < 1.29 is 0 Å². The van der Waals surface area contributed by atoms with Crippen molar-refractivity contribution in [3.63, 3.8) is 0 Å². The first-order valence-corrected chi connectivity index (χ1v) is 11.0. The van der Waals surface area contributed by atoms with Crippen LogP contribution in [0.2, 0.25) is 0 Å². The van der Waals surface area contributed by atoms with Gasteiger partial charge in [-0.25, -0.2) is 0 Å². The molecule has 32 heavy (non-hydrogen) atoms. The van der Waals surface area contributed by atoms with Crippen LogP contribution < -0.4 is 5.32 Å². The molecule has 0 fully saturated rings. The van der Waals surface area contributed by atoms with Crippen LogP contribution in [-0.2, 0) is 0 Å². The fraction of sp³-hybridized carbons (Fsp3) is 0.0323. The predicted molar refractivity (Wildman–Crippen MR) is 138 cm³/mol. The lowest BCUT2D eigenvalue weighted by molar-refractivity contribution is 1.47. The molecule has 1 N–H and O–H groups in total. The van der Waals surface area contributed by atoms with Crippen LogP contribution in [0, 0.1) is 6.92 Å². The Bertz CT molecular complexity index is 1340. The van der Waals surface area contributed by atoms with E-state index < -0.39 is 0 Å². The Morgan fingerprint density at radius 1 is 0.531 bits per heavy atom. The van der Waals surface area contributed by atoms with Gasteiger partial charge in [0, 0.05) is 17.5 Å². The van der Waals surface area contributed by atoms with Gasteiger partial charge in [-0.3, -0.25) is 0 Å². The standard InChI is InChI=1S/C31H25N/c1-23-14-16-24(17-15-23)26-10-8-11-27(21-26)28-19-18-25-9-4-2-3-7-20-32-31-13-6-5-12-29(31)30(25)22-28/h2-22,32H,1H3/b3-2-,9-4-,20-7+. The summed E-state index contributed by atoms with van der Waals surface area (Å²) in [7, 11) is 0. The molecule has 0 spiro atoms. The van der Waals surface area contributed by atoms with E-state index in [0.717, 1.165) is 5.69 Å². The Labute approximate surface area is 190 Å². The summed E-state index contributed by atoms with van der Waals surface area (Å²) in [6, 6.07) is 32.7. The summed E-state index contributed by atoms with van der Waals surface area (Å²) in [6.07, 6.45) is 12.3. The second kappa shape index (κ2) is 8.95. The Morgan fingerprint density at radius 2 is 1.25 bits per heavy atom. The molecule has 1 aliphatic rings. The van der Waals surface area contributed by atoms with Gasteiger partial charge >= 0.3 is 0 Å². The van der Waals surface area contributed by atoms with E-state index in [4.69, 9.17) is 0 Å². The van der Waals surface area contributed by atoms with Gasteiger partial charge in [-0.15, -0.1) is 0 Å². The monoisotopic (exact) mass is 411 g/mol. The fourth-order valence-electron chi connectivity index (χ4n) is 4.06. The minimum Gasteiger partial charge on any atom is -0.361 e. The molecule has 0 atom stereocenters. The third kappa shape index (κ3) is 4.19. The van der Waals surface area contributed by atoms with Gasteiger partial charge in [-0.1, -0.05) is 103 Å². The summed E-state index contributed by atoms with van der Waals surface area (Å²) in [5, 5.41) is 3.44. The van der Waals surface area contributed by atoms with Crippen LogP contribution in [0.4, 0.5) is 5.69 Å². The molecule has 0 saturated heterocycles. The summed E-state index contributed by atoms with van der Waals surface area (Å²) < 4.78 is 0. The average molecular weight is 412 g/mol. The van der Waals surface area contributed by atoms with Crippen molar-refractivity contribution >= 4 is 11.8 Å². The van der Waals surface area contributed by atoms with Crippen molar-refractivity contribution in [3.05, 3.63) is 133 Å². The summed E-state index contributed by atoms with van der Waals surface area (Å²) in [5.41, 5.74) is 10.9. The number of nitrogens with one attached hydrogen (secondary N) is 1. The van der Waals surface area contributed by atoms with Crippen molar-refractivity contribution in [2.24, 2.45) is 0 Å². The maximum absolute atomic E-state index is 3.44. The van der Waals surface area contributed by atoms with Crippen molar-refractivity contribution in [3.8, 4) is 33.4 Å². The van der Waals surface area contributed by atoms with Crippen molar-refractivity contribution in [2.75, 3.05) is 5.32 Å². The van der Waals surface area contributed by atoms with Crippen molar-refractivity contribution in [1.29, 1.82) is 0 Å². The van der Waals surface area contributed by atoms with Gasteiger partial charge in [0.05, 0.1) is 0 Å². The second-order valence-electron chi connectivity index (χ2n) is 8.04. The average Bonchev–Trinajstić information content (AvgIpc) is 2.88. The number of fused-ring (bicyclic) bond motifs is 3.